The molecule has 5 N–H and O–H groups in total. The summed E-state index contributed by atoms with van der Waals surface area (Å²) in [5.74, 6) is -8.24. The van der Waals surface area contributed by atoms with Crippen molar-refractivity contribution >= 4 is 86.3 Å². The van der Waals surface area contributed by atoms with E-state index in [4.69, 9.17) is 37.8 Å². The van der Waals surface area contributed by atoms with Gasteiger partial charge in [0.05, 0.1) is 44.9 Å². The minimum atomic E-state index is -1.38. The van der Waals surface area contributed by atoms with E-state index < -0.39 is 68.4 Å². The Hall–Kier alpha value is -7.71. The molecule has 0 saturated carbocycles. The number of hydrogen-bond acceptors (Lipinski definition) is 10. The van der Waals surface area contributed by atoms with Crippen molar-refractivity contribution in [3.05, 3.63) is 140 Å². The average molecular weight is 966 g/mol. The summed E-state index contributed by atoms with van der Waals surface area (Å²) >= 11 is 11.5. The van der Waals surface area contributed by atoms with Crippen LogP contribution in [0.2, 0.25) is 10.0 Å². The van der Waals surface area contributed by atoms with E-state index in [0.717, 1.165) is 47.4 Å². The van der Waals surface area contributed by atoms with Gasteiger partial charge in [-0.1, -0.05) is 23.2 Å². The van der Waals surface area contributed by atoms with Gasteiger partial charge < -0.3 is 30.3 Å². The maximum atomic E-state index is 14.5. The molecular formula is C45H32Cl2F6N8O6. The maximum Gasteiger partial charge on any atom is 0.412 e. The summed E-state index contributed by atoms with van der Waals surface area (Å²) in [5.41, 5.74) is 7.09. The third-order valence-electron chi connectivity index (χ3n) is 9.88. The second-order valence-electron chi connectivity index (χ2n) is 15.5. The molecule has 8 aromatic rings. The number of hydrogen-bond donors (Lipinski definition) is 4. The highest BCUT2D eigenvalue weighted by molar-refractivity contribution is 6.35. The van der Waals surface area contributed by atoms with Gasteiger partial charge in [-0.05, 0) is 94.3 Å². The SMILES string of the molecule is Cc1c(NC(=O)c2ccc(F)c(F)c2Cl)cc(F)cc1-c1nc2ncc(N(C(=O)O)C(C)(C)C)cc2o1.Cc1c(NC(=O)c2ccc(F)c(F)c2Cl)cc(F)cc1-c1nc2ncc(N)cc2o1. The minimum absolute atomic E-state index is 0.0153. The number of carbonyl (C=O) groups is 3. The fourth-order valence-corrected chi connectivity index (χ4v) is 7.10. The lowest BCUT2D eigenvalue weighted by Gasteiger charge is -2.32. The van der Waals surface area contributed by atoms with E-state index in [1.54, 1.807) is 34.6 Å². The third kappa shape index (κ3) is 9.66. The topological polar surface area (TPSA) is 203 Å². The Morgan fingerprint density at radius 1 is 0.672 bits per heavy atom. The zero-order valence-electron chi connectivity index (χ0n) is 35.3. The number of rotatable bonds is 7. The van der Waals surface area contributed by atoms with Crippen LogP contribution in [0, 0.1) is 48.8 Å². The standard InChI is InChI=1S/C25H20ClF3N4O4.C20H12ClF3N4O2/c1-11-15(7-12(27)8-17(11)31-22(34)14-5-6-16(28)20(29)19(14)26)23-32-21-18(37-23)9-13(10-30-21)33(24(35)36)25(2,3)4;1-8-12(20-28-18-15(30-20)6-10(25)7-26-18)4-9(22)5-14(8)27-19(29)11-2-3-13(23)17(24)16(11)21/h5-10H,1-4H3,(H,31,34)(H,35,36);2-7H,25H2,1H3,(H,27,29). The molecule has 0 aliphatic heterocycles. The molecule has 14 nitrogen and oxygen atoms in total. The van der Waals surface area contributed by atoms with Gasteiger partial charge in [-0.3, -0.25) is 14.5 Å². The molecule has 4 aromatic heterocycles. The molecule has 0 aliphatic rings. The number of nitrogens with one attached hydrogen (secondary N) is 2. The highest BCUT2D eigenvalue weighted by atomic mass is 35.5. The van der Waals surface area contributed by atoms with Crippen molar-refractivity contribution in [2.75, 3.05) is 21.3 Å². The van der Waals surface area contributed by atoms with Gasteiger partial charge in [-0.25, -0.2) is 41.1 Å². The lowest BCUT2D eigenvalue weighted by Crippen LogP contribution is -2.45. The number of nitrogen functional groups attached to an aromatic ring is 1. The molecule has 0 saturated heterocycles. The molecule has 0 fully saturated rings. The fourth-order valence-electron chi connectivity index (χ4n) is 6.63. The number of anilines is 4. The number of fused-ring (bicyclic) bond motifs is 2. The molecule has 3 amide bonds. The first kappa shape index (κ1) is 47.3. The molecule has 0 aliphatic carbocycles. The summed E-state index contributed by atoms with van der Waals surface area (Å²) in [4.78, 5) is 54.8. The predicted molar refractivity (Wildman–Crippen MR) is 237 cm³/mol. The van der Waals surface area contributed by atoms with Crippen LogP contribution in [0.15, 0.2) is 81.9 Å². The summed E-state index contributed by atoms with van der Waals surface area (Å²) in [7, 11) is 0. The minimum Gasteiger partial charge on any atom is -0.465 e. The molecule has 4 aromatic carbocycles. The summed E-state index contributed by atoms with van der Waals surface area (Å²) in [6.07, 6.45) is 1.56. The van der Waals surface area contributed by atoms with E-state index in [-0.39, 0.29) is 68.0 Å². The van der Waals surface area contributed by atoms with Crippen LogP contribution in [0.4, 0.5) is 53.9 Å². The largest absolute Gasteiger partial charge is 0.465 e. The van der Waals surface area contributed by atoms with Crippen LogP contribution in [0.1, 0.15) is 52.6 Å². The third-order valence-corrected chi connectivity index (χ3v) is 10.6. The van der Waals surface area contributed by atoms with E-state index in [2.05, 4.69) is 30.6 Å². The molecule has 0 unspecified atom stereocenters. The second kappa shape index (κ2) is 18.3. The first-order chi connectivity index (χ1) is 31.5. The van der Waals surface area contributed by atoms with Gasteiger partial charge in [0.15, 0.2) is 45.7 Å². The number of halogens is 8. The van der Waals surface area contributed by atoms with E-state index in [0.29, 0.717) is 22.4 Å². The second-order valence-corrected chi connectivity index (χ2v) is 16.3. The molecule has 344 valence electrons. The number of carbonyl (C=O) groups excluding carboxylic acids is 2. The number of nitrogens with two attached hydrogens (primary N) is 1. The van der Waals surface area contributed by atoms with E-state index in [1.165, 1.54) is 30.6 Å². The Morgan fingerprint density at radius 2 is 1.10 bits per heavy atom. The molecule has 4 heterocycles. The summed E-state index contributed by atoms with van der Waals surface area (Å²) in [5, 5.41) is 13.1. The highest BCUT2D eigenvalue weighted by Crippen LogP contribution is 2.36. The highest BCUT2D eigenvalue weighted by Gasteiger charge is 2.29. The fraction of sp³-hybridized carbons (Fsp3) is 0.133. The zero-order valence-corrected chi connectivity index (χ0v) is 36.8. The smallest absolute Gasteiger partial charge is 0.412 e. The van der Waals surface area contributed by atoms with Gasteiger partial charge in [0, 0.05) is 40.2 Å². The molecular weight excluding hydrogens is 933 g/mol. The van der Waals surface area contributed by atoms with Gasteiger partial charge in [0.1, 0.15) is 11.6 Å². The Morgan fingerprint density at radius 3 is 1.54 bits per heavy atom. The van der Waals surface area contributed by atoms with Crippen molar-refractivity contribution in [2.24, 2.45) is 0 Å². The molecule has 67 heavy (non-hydrogen) atoms. The van der Waals surface area contributed by atoms with E-state index in [9.17, 15) is 45.8 Å². The van der Waals surface area contributed by atoms with Crippen LogP contribution in [0.3, 0.4) is 0 Å². The number of aromatic nitrogens is 4. The monoisotopic (exact) mass is 964 g/mol. The van der Waals surface area contributed by atoms with Crippen LogP contribution < -0.4 is 21.3 Å². The Labute approximate surface area is 384 Å². The van der Waals surface area contributed by atoms with Crippen LogP contribution >= 0.6 is 23.2 Å². The van der Waals surface area contributed by atoms with Gasteiger partial charge in [0.2, 0.25) is 11.8 Å². The summed E-state index contributed by atoms with van der Waals surface area (Å²) < 4.78 is 94.3. The van der Waals surface area contributed by atoms with Crippen molar-refractivity contribution < 1.29 is 54.7 Å². The molecule has 22 heteroatoms. The molecule has 0 radical (unpaired) electrons. The van der Waals surface area contributed by atoms with Crippen molar-refractivity contribution in [3.63, 3.8) is 0 Å². The lowest BCUT2D eigenvalue weighted by molar-refractivity contribution is 0.101. The number of benzene rings is 4. The van der Waals surface area contributed by atoms with Crippen molar-refractivity contribution in [1.29, 1.82) is 0 Å². The number of pyridine rings is 2. The zero-order chi connectivity index (χ0) is 48.8. The molecule has 8 rings (SSSR count). The first-order valence-corrected chi connectivity index (χ1v) is 20.1. The molecule has 0 atom stereocenters. The van der Waals surface area contributed by atoms with E-state index in [1.807, 2.05) is 0 Å². The number of carboxylic acid groups (broad SMARTS) is 1. The van der Waals surface area contributed by atoms with Gasteiger partial charge in [-0.2, -0.15) is 9.97 Å². The van der Waals surface area contributed by atoms with Crippen LogP contribution in [-0.4, -0.2) is 48.5 Å². The Balaban J connectivity index is 0.000000203. The summed E-state index contributed by atoms with van der Waals surface area (Å²) in [6, 6.07) is 11.0. The quantitative estimate of drug-likeness (QED) is 0.0874. The van der Waals surface area contributed by atoms with Gasteiger partial charge in [-0.15, -0.1) is 0 Å². The van der Waals surface area contributed by atoms with Crippen molar-refractivity contribution in [3.8, 4) is 22.9 Å². The number of oxazole rings is 2. The maximum absolute atomic E-state index is 14.5. The molecule has 0 bridgehead atoms. The van der Waals surface area contributed by atoms with Crippen LogP contribution in [0.25, 0.3) is 45.4 Å². The normalized spacial score (nSPS) is 11.4. The predicted octanol–water partition coefficient (Wildman–Crippen LogP) is 11.9. The lowest BCUT2D eigenvalue weighted by atomic mass is 10.1. The van der Waals surface area contributed by atoms with Crippen molar-refractivity contribution in [2.45, 2.75) is 40.2 Å². The molecule has 0 spiro atoms. The van der Waals surface area contributed by atoms with Crippen LogP contribution in [-0.2, 0) is 0 Å². The number of amides is 3. The van der Waals surface area contributed by atoms with Crippen LogP contribution in [0.5, 0.6) is 0 Å². The van der Waals surface area contributed by atoms with Gasteiger partial charge >= 0.3 is 6.09 Å². The van der Waals surface area contributed by atoms with E-state index >= 15 is 0 Å². The Bertz CT molecular complexity index is 3320. The average Bonchev–Trinajstić information content (AvgIpc) is 3.88. The number of nitrogens with zero attached hydrogens (tertiary/aromatic N) is 5. The van der Waals surface area contributed by atoms with Crippen molar-refractivity contribution in [1.82, 2.24) is 19.9 Å². The first-order valence-electron chi connectivity index (χ1n) is 19.3. The van der Waals surface area contributed by atoms with Gasteiger partial charge in [0.25, 0.3) is 11.8 Å². The summed E-state index contributed by atoms with van der Waals surface area (Å²) in [6.45, 7) is 8.33. The Kier molecular flexibility index (Phi) is 12.9.